The van der Waals surface area contributed by atoms with Crippen molar-refractivity contribution < 1.29 is 14.3 Å². The van der Waals surface area contributed by atoms with Crippen LogP contribution in [0.5, 0.6) is 0 Å². The van der Waals surface area contributed by atoms with Crippen molar-refractivity contribution in [3.05, 3.63) is 25.3 Å². The van der Waals surface area contributed by atoms with Gasteiger partial charge in [-0.1, -0.05) is 45.8 Å². The minimum Gasteiger partial charge on any atom is -0.462 e. The summed E-state index contributed by atoms with van der Waals surface area (Å²) in [5.74, 6) is 0.411. The fourth-order valence-corrected chi connectivity index (χ4v) is 1.99. The predicted octanol–water partition coefficient (Wildman–Crippen LogP) is 3.24. The standard InChI is InChI=1S/C11H20O2.C6H9NO/c1-4-7-8-10(5-2)9-13-11(12)6-3;1-2-5-3-4-7-6(5)8/h6,10H,3-5,7-9H2,1-2H3;2,5H,1,3-4H2,(H,7,8). The molecule has 0 saturated carbocycles. The second-order valence-electron chi connectivity index (χ2n) is 5.17. The van der Waals surface area contributed by atoms with E-state index in [4.69, 9.17) is 4.74 Å². The summed E-state index contributed by atoms with van der Waals surface area (Å²) in [6.45, 7) is 12.5. The van der Waals surface area contributed by atoms with Gasteiger partial charge in [-0.15, -0.1) is 6.58 Å². The number of unbranched alkanes of at least 4 members (excludes halogenated alkanes) is 1. The number of ether oxygens (including phenoxy) is 1. The largest absolute Gasteiger partial charge is 0.462 e. The molecule has 1 aliphatic heterocycles. The molecule has 0 bridgehead atoms. The lowest BCUT2D eigenvalue weighted by Crippen LogP contribution is -2.17. The van der Waals surface area contributed by atoms with Crippen molar-refractivity contribution in [2.45, 2.75) is 46.0 Å². The highest BCUT2D eigenvalue weighted by Gasteiger charge is 2.19. The van der Waals surface area contributed by atoms with Gasteiger partial charge in [-0.3, -0.25) is 4.79 Å². The van der Waals surface area contributed by atoms with E-state index in [2.05, 4.69) is 32.3 Å². The smallest absolute Gasteiger partial charge is 0.330 e. The number of carbonyl (C=O) groups excluding carboxylic acids is 2. The van der Waals surface area contributed by atoms with Gasteiger partial charge in [0.25, 0.3) is 0 Å². The third kappa shape index (κ3) is 9.05. The molecule has 1 saturated heterocycles. The van der Waals surface area contributed by atoms with Gasteiger partial charge < -0.3 is 10.1 Å². The summed E-state index contributed by atoms with van der Waals surface area (Å²) in [5.41, 5.74) is 0. The van der Waals surface area contributed by atoms with E-state index in [9.17, 15) is 9.59 Å². The Bertz CT molecular complexity index is 339. The first kappa shape index (κ1) is 19.4. The van der Waals surface area contributed by atoms with Crippen LogP contribution in [0.2, 0.25) is 0 Å². The number of esters is 1. The maximum Gasteiger partial charge on any atom is 0.330 e. The van der Waals surface area contributed by atoms with E-state index in [1.165, 1.54) is 18.9 Å². The molecule has 0 aliphatic carbocycles. The number of amides is 1. The van der Waals surface area contributed by atoms with Gasteiger partial charge in [0.05, 0.1) is 12.5 Å². The van der Waals surface area contributed by atoms with Crippen LogP contribution in [-0.2, 0) is 14.3 Å². The summed E-state index contributed by atoms with van der Waals surface area (Å²) in [6.07, 6.45) is 8.47. The van der Waals surface area contributed by atoms with E-state index in [1.54, 1.807) is 6.08 Å². The summed E-state index contributed by atoms with van der Waals surface area (Å²) in [5, 5.41) is 2.71. The lowest BCUT2D eigenvalue weighted by molar-refractivity contribution is -0.139. The fraction of sp³-hybridized carbons (Fsp3) is 0.647. The minimum absolute atomic E-state index is 0.0787. The van der Waals surface area contributed by atoms with Crippen molar-refractivity contribution in [3.8, 4) is 0 Å². The predicted molar refractivity (Wildman–Crippen MR) is 85.8 cm³/mol. The first-order chi connectivity index (χ1) is 10.1. The first-order valence-electron chi connectivity index (χ1n) is 7.78. The molecule has 1 heterocycles. The first-order valence-corrected chi connectivity index (χ1v) is 7.78. The van der Waals surface area contributed by atoms with Crippen LogP contribution < -0.4 is 5.32 Å². The van der Waals surface area contributed by atoms with Gasteiger partial charge in [-0.2, -0.15) is 0 Å². The van der Waals surface area contributed by atoms with Crippen LogP contribution in [0.25, 0.3) is 0 Å². The van der Waals surface area contributed by atoms with Gasteiger partial charge in [0.15, 0.2) is 0 Å². The Hall–Kier alpha value is -1.58. The molecule has 0 radical (unpaired) electrons. The molecule has 2 unspecified atom stereocenters. The maximum absolute atomic E-state index is 10.8. The van der Waals surface area contributed by atoms with E-state index in [1.807, 2.05) is 0 Å². The van der Waals surface area contributed by atoms with E-state index >= 15 is 0 Å². The molecule has 1 amide bonds. The van der Waals surface area contributed by atoms with E-state index < -0.39 is 0 Å². The Morgan fingerprint density at radius 1 is 1.48 bits per heavy atom. The molecule has 0 spiro atoms. The second-order valence-corrected chi connectivity index (χ2v) is 5.17. The molecule has 4 heteroatoms. The Morgan fingerprint density at radius 3 is 2.57 bits per heavy atom. The summed E-state index contributed by atoms with van der Waals surface area (Å²) < 4.78 is 4.98. The minimum atomic E-state index is -0.310. The third-order valence-corrected chi connectivity index (χ3v) is 3.55. The highest BCUT2D eigenvalue weighted by molar-refractivity contribution is 5.82. The highest BCUT2D eigenvalue weighted by Crippen LogP contribution is 2.12. The number of rotatable bonds is 8. The zero-order valence-electron chi connectivity index (χ0n) is 13.4. The molecule has 0 aromatic heterocycles. The fourth-order valence-electron chi connectivity index (χ4n) is 1.99. The third-order valence-electron chi connectivity index (χ3n) is 3.55. The van der Waals surface area contributed by atoms with Crippen molar-refractivity contribution in [2.75, 3.05) is 13.2 Å². The summed E-state index contributed by atoms with van der Waals surface area (Å²) in [7, 11) is 0. The van der Waals surface area contributed by atoms with Crippen LogP contribution in [0.15, 0.2) is 25.3 Å². The van der Waals surface area contributed by atoms with Crippen LogP contribution in [0, 0.1) is 11.8 Å². The van der Waals surface area contributed by atoms with Gasteiger partial charge in [0.1, 0.15) is 0 Å². The molecule has 120 valence electrons. The zero-order chi connectivity index (χ0) is 16.1. The molecule has 2 atom stereocenters. The van der Waals surface area contributed by atoms with Crippen molar-refractivity contribution in [2.24, 2.45) is 11.8 Å². The number of hydrogen-bond donors (Lipinski definition) is 1. The summed E-state index contributed by atoms with van der Waals surface area (Å²) >= 11 is 0. The van der Waals surface area contributed by atoms with Crippen LogP contribution in [0.1, 0.15) is 46.0 Å². The van der Waals surface area contributed by atoms with Crippen molar-refractivity contribution in [3.63, 3.8) is 0 Å². The Morgan fingerprint density at radius 2 is 2.19 bits per heavy atom. The van der Waals surface area contributed by atoms with E-state index in [0.717, 1.165) is 25.8 Å². The summed E-state index contributed by atoms with van der Waals surface area (Å²) in [6, 6.07) is 0. The molecule has 1 N–H and O–H groups in total. The molecule has 1 aliphatic rings. The molecule has 0 aromatic rings. The zero-order valence-corrected chi connectivity index (χ0v) is 13.4. The second kappa shape index (κ2) is 12.2. The van der Waals surface area contributed by atoms with Crippen molar-refractivity contribution >= 4 is 11.9 Å². The number of nitrogens with one attached hydrogen (secondary N) is 1. The van der Waals surface area contributed by atoms with Gasteiger partial charge >= 0.3 is 5.97 Å². The normalized spacial score (nSPS) is 18.0. The molecule has 1 fully saturated rings. The van der Waals surface area contributed by atoms with Gasteiger partial charge in [0.2, 0.25) is 5.91 Å². The Balaban J connectivity index is 0.000000423. The van der Waals surface area contributed by atoms with E-state index in [-0.39, 0.29) is 17.8 Å². The molecule has 21 heavy (non-hydrogen) atoms. The highest BCUT2D eigenvalue weighted by atomic mass is 16.5. The van der Waals surface area contributed by atoms with Gasteiger partial charge in [-0.25, -0.2) is 4.79 Å². The average Bonchev–Trinajstić information content (AvgIpc) is 2.93. The topological polar surface area (TPSA) is 55.4 Å². The summed E-state index contributed by atoms with van der Waals surface area (Å²) in [4.78, 5) is 21.4. The molecular formula is C17H29NO3. The molecule has 1 rings (SSSR count). The number of hydrogen-bond acceptors (Lipinski definition) is 3. The van der Waals surface area contributed by atoms with Crippen LogP contribution in [0.3, 0.4) is 0 Å². The monoisotopic (exact) mass is 295 g/mol. The molecule has 4 nitrogen and oxygen atoms in total. The van der Waals surface area contributed by atoms with Crippen molar-refractivity contribution in [1.29, 1.82) is 0 Å². The van der Waals surface area contributed by atoms with Gasteiger partial charge in [-0.05, 0) is 18.8 Å². The van der Waals surface area contributed by atoms with E-state index in [0.29, 0.717) is 12.5 Å². The Labute approximate surface area is 128 Å². The van der Waals surface area contributed by atoms with Crippen LogP contribution >= 0.6 is 0 Å². The van der Waals surface area contributed by atoms with Crippen LogP contribution in [0.4, 0.5) is 0 Å². The Kier molecular flexibility index (Phi) is 11.3. The SMILES string of the molecule is C=CC(=O)OCC(CC)CCCC.C=CC1CCNC1=O. The lowest BCUT2D eigenvalue weighted by Gasteiger charge is -2.13. The van der Waals surface area contributed by atoms with Crippen LogP contribution in [-0.4, -0.2) is 25.0 Å². The maximum atomic E-state index is 10.8. The number of carbonyl (C=O) groups is 2. The van der Waals surface area contributed by atoms with Gasteiger partial charge in [0, 0.05) is 12.6 Å². The lowest BCUT2D eigenvalue weighted by atomic mass is 10.0. The van der Waals surface area contributed by atoms with Crippen molar-refractivity contribution in [1.82, 2.24) is 5.32 Å². The molecule has 0 aromatic carbocycles. The average molecular weight is 295 g/mol. The molecular weight excluding hydrogens is 266 g/mol. The quantitative estimate of drug-likeness (QED) is 0.425.